The molecule has 0 radical (unpaired) electrons. The summed E-state index contributed by atoms with van der Waals surface area (Å²) in [7, 11) is 3.26. The molecule has 0 aromatic rings. The van der Waals surface area contributed by atoms with E-state index in [1.165, 1.54) is 4.90 Å². The fourth-order valence-electron chi connectivity index (χ4n) is 1.06. The molecule has 0 rings (SSSR count). The number of nitrogens with two attached hydrogens (primary N) is 1. The number of rotatable bonds is 7. The smallest absolute Gasteiger partial charge is 0.303 e. The molecule has 0 aliphatic rings. The molecule has 7 heteroatoms. The van der Waals surface area contributed by atoms with Gasteiger partial charge in [0.2, 0.25) is 11.8 Å². The molecule has 2 amide bonds. The van der Waals surface area contributed by atoms with E-state index >= 15 is 0 Å². The second kappa shape index (κ2) is 7.61. The van der Waals surface area contributed by atoms with E-state index in [4.69, 9.17) is 10.8 Å². The maximum Gasteiger partial charge on any atom is 0.303 e. The van der Waals surface area contributed by atoms with Crippen molar-refractivity contribution in [3.05, 3.63) is 0 Å². The molecule has 0 aliphatic heterocycles. The van der Waals surface area contributed by atoms with Crippen LogP contribution in [0.25, 0.3) is 0 Å². The van der Waals surface area contributed by atoms with Gasteiger partial charge in [0.05, 0.1) is 6.04 Å². The summed E-state index contributed by atoms with van der Waals surface area (Å²) in [6.45, 7) is 0.205. The van der Waals surface area contributed by atoms with E-state index < -0.39 is 17.9 Å². The van der Waals surface area contributed by atoms with Crippen LogP contribution in [-0.2, 0) is 14.4 Å². The highest BCUT2D eigenvalue weighted by atomic mass is 16.4. The van der Waals surface area contributed by atoms with Crippen LogP contribution in [0.15, 0.2) is 0 Å². The number of hydrogen-bond acceptors (Lipinski definition) is 4. The van der Waals surface area contributed by atoms with E-state index in [2.05, 4.69) is 5.32 Å². The molecule has 0 aromatic carbocycles. The van der Waals surface area contributed by atoms with E-state index in [9.17, 15) is 14.4 Å². The number of carboxylic acids is 1. The van der Waals surface area contributed by atoms with Gasteiger partial charge in [0, 0.05) is 33.5 Å². The van der Waals surface area contributed by atoms with Gasteiger partial charge in [-0.2, -0.15) is 0 Å². The molecule has 0 aliphatic carbocycles. The quantitative estimate of drug-likeness (QED) is 0.520. The zero-order valence-electron chi connectivity index (χ0n) is 10.1. The minimum Gasteiger partial charge on any atom is -0.481 e. The first-order valence-corrected chi connectivity index (χ1v) is 5.29. The van der Waals surface area contributed by atoms with Gasteiger partial charge in [0.25, 0.3) is 0 Å². The van der Waals surface area contributed by atoms with Gasteiger partial charge in [-0.05, 0) is 6.42 Å². The van der Waals surface area contributed by atoms with Crippen LogP contribution in [-0.4, -0.2) is 54.5 Å². The third kappa shape index (κ3) is 7.29. The number of amides is 2. The fourth-order valence-corrected chi connectivity index (χ4v) is 1.06. The first kappa shape index (κ1) is 15.4. The average molecular weight is 245 g/mol. The number of carbonyl (C=O) groups excluding carboxylic acids is 2. The number of nitrogens with one attached hydrogen (secondary N) is 1. The lowest BCUT2D eigenvalue weighted by Crippen LogP contribution is -2.42. The van der Waals surface area contributed by atoms with E-state index in [1.807, 2.05) is 0 Å². The highest BCUT2D eigenvalue weighted by Gasteiger charge is 2.14. The number of aliphatic carboxylic acids is 1. The summed E-state index contributed by atoms with van der Waals surface area (Å²) in [4.78, 5) is 34.2. The Morgan fingerprint density at radius 2 is 1.88 bits per heavy atom. The zero-order valence-corrected chi connectivity index (χ0v) is 10.1. The van der Waals surface area contributed by atoms with Crippen molar-refractivity contribution >= 4 is 17.8 Å². The summed E-state index contributed by atoms with van der Waals surface area (Å²) >= 11 is 0. The molecule has 0 saturated heterocycles. The van der Waals surface area contributed by atoms with Crippen LogP contribution in [0.3, 0.4) is 0 Å². The minimum atomic E-state index is -0.990. The minimum absolute atomic E-state index is 0.0861. The maximum atomic E-state index is 11.4. The van der Waals surface area contributed by atoms with Gasteiger partial charge in [-0.15, -0.1) is 0 Å². The zero-order chi connectivity index (χ0) is 13.4. The first-order valence-electron chi connectivity index (χ1n) is 5.29. The summed E-state index contributed by atoms with van der Waals surface area (Å²) in [5.41, 5.74) is 5.47. The topological polar surface area (TPSA) is 113 Å². The average Bonchev–Trinajstić information content (AvgIpc) is 2.25. The van der Waals surface area contributed by atoms with Gasteiger partial charge in [0.1, 0.15) is 0 Å². The van der Waals surface area contributed by atoms with Crippen LogP contribution in [0.5, 0.6) is 0 Å². The number of carboxylic acid groups (broad SMARTS) is 1. The van der Waals surface area contributed by atoms with E-state index in [0.29, 0.717) is 0 Å². The standard InChI is InChI=1S/C10H19N3O4/c1-13(2)8(14)5-6-12-10(17)7(11)3-4-9(15)16/h7H,3-6,11H2,1-2H3,(H,12,17)(H,15,16). The second-order valence-corrected chi connectivity index (χ2v) is 3.87. The van der Waals surface area contributed by atoms with Crippen LogP contribution in [0.4, 0.5) is 0 Å². The molecule has 7 nitrogen and oxygen atoms in total. The largest absolute Gasteiger partial charge is 0.481 e. The molecule has 0 heterocycles. The van der Waals surface area contributed by atoms with Crippen molar-refractivity contribution < 1.29 is 19.5 Å². The fraction of sp³-hybridized carbons (Fsp3) is 0.700. The molecule has 0 fully saturated rings. The summed E-state index contributed by atoms with van der Waals surface area (Å²) < 4.78 is 0. The maximum absolute atomic E-state index is 11.4. The first-order chi connectivity index (χ1) is 7.84. The highest BCUT2D eigenvalue weighted by molar-refractivity contribution is 5.83. The molecule has 1 unspecified atom stereocenters. The molecular weight excluding hydrogens is 226 g/mol. The Morgan fingerprint density at radius 1 is 1.29 bits per heavy atom. The van der Waals surface area contributed by atoms with Crippen molar-refractivity contribution in [3.8, 4) is 0 Å². The van der Waals surface area contributed by atoms with E-state index in [1.54, 1.807) is 14.1 Å². The molecule has 1 atom stereocenters. The van der Waals surface area contributed by atoms with Crippen molar-refractivity contribution in [1.82, 2.24) is 10.2 Å². The Kier molecular flexibility index (Phi) is 6.88. The predicted octanol–water partition coefficient (Wildman–Crippen LogP) is -1.23. The lowest BCUT2D eigenvalue weighted by atomic mass is 10.1. The highest BCUT2D eigenvalue weighted by Crippen LogP contribution is 1.95. The van der Waals surface area contributed by atoms with Gasteiger partial charge in [-0.1, -0.05) is 0 Å². The Labute approximate surface area is 100.0 Å². The Balaban J connectivity index is 3.78. The lowest BCUT2D eigenvalue weighted by Gasteiger charge is -2.13. The van der Waals surface area contributed by atoms with Crippen LogP contribution < -0.4 is 11.1 Å². The molecule has 0 bridgehead atoms. The number of hydrogen-bond donors (Lipinski definition) is 3. The van der Waals surface area contributed by atoms with Gasteiger partial charge in [-0.3, -0.25) is 14.4 Å². The molecule has 4 N–H and O–H groups in total. The summed E-state index contributed by atoms with van der Waals surface area (Å²) in [5, 5.41) is 10.9. The van der Waals surface area contributed by atoms with Crippen molar-refractivity contribution in [2.24, 2.45) is 5.73 Å². The Hall–Kier alpha value is -1.63. The van der Waals surface area contributed by atoms with Gasteiger partial charge >= 0.3 is 5.97 Å². The SMILES string of the molecule is CN(C)C(=O)CCNC(=O)C(N)CCC(=O)O. The molecule has 17 heavy (non-hydrogen) atoms. The van der Waals surface area contributed by atoms with E-state index in [-0.39, 0.29) is 31.7 Å². The van der Waals surface area contributed by atoms with Gasteiger partial charge in [0.15, 0.2) is 0 Å². The van der Waals surface area contributed by atoms with Crippen LogP contribution in [0.2, 0.25) is 0 Å². The Morgan fingerprint density at radius 3 is 2.35 bits per heavy atom. The van der Waals surface area contributed by atoms with Crippen LogP contribution in [0, 0.1) is 0 Å². The van der Waals surface area contributed by atoms with Crippen molar-refractivity contribution in [2.75, 3.05) is 20.6 Å². The van der Waals surface area contributed by atoms with Crippen LogP contribution in [0.1, 0.15) is 19.3 Å². The molecular formula is C10H19N3O4. The van der Waals surface area contributed by atoms with Crippen LogP contribution >= 0.6 is 0 Å². The summed E-state index contributed by atoms with van der Waals surface area (Å²) in [6.07, 6.45) is 0.137. The van der Waals surface area contributed by atoms with Gasteiger partial charge < -0.3 is 21.1 Å². The van der Waals surface area contributed by atoms with Crippen molar-refractivity contribution in [2.45, 2.75) is 25.3 Å². The normalized spacial score (nSPS) is 11.7. The second-order valence-electron chi connectivity index (χ2n) is 3.87. The third-order valence-corrected chi connectivity index (χ3v) is 2.14. The number of nitrogens with zero attached hydrogens (tertiary/aromatic N) is 1. The van der Waals surface area contributed by atoms with E-state index in [0.717, 1.165) is 0 Å². The lowest BCUT2D eigenvalue weighted by molar-refractivity contribution is -0.137. The molecule has 0 aromatic heterocycles. The molecule has 0 saturated carbocycles. The predicted molar refractivity (Wildman–Crippen MR) is 61.2 cm³/mol. The Bertz CT molecular complexity index is 291. The summed E-state index contributed by atoms with van der Waals surface area (Å²) in [5.74, 6) is -1.52. The van der Waals surface area contributed by atoms with Crippen molar-refractivity contribution in [3.63, 3.8) is 0 Å². The monoisotopic (exact) mass is 245 g/mol. The summed E-state index contributed by atoms with van der Waals surface area (Å²) in [6, 6.07) is -0.847. The molecule has 98 valence electrons. The van der Waals surface area contributed by atoms with Gasteiger partial charge in [-0.25, -0.2) is 0 Å². The molecule has 0 spiro atoms. The van der Waals surface area contributed by atoms with Crippen molar-refractivity contribution in [1.29, 1.82) is 0 Å². The number of carbonyl (C=O) groups is 3. The third-order valence-electron chi connectivity index (χ3n) is 2.14.